The molecule has 0 saturated carbocycles. The third kappa shape index (κ3) is 1.79. The number of halogens is 1. The lowest BCUT2D eigenvalue weighted by atomic mass is 10.2. The van der Waals surface area contributed by atoms with Crippen LogP contribution in [0.3, 0.4) is 0 Å². The third-order valence-electron chi connectivity index (χ3n) is 2.79. The zero-order valence-electron chi connectivity index (χ0n) is 9.37. The van der Waals surface area contributed by atoms with E-state index in [1.54, 1.807) is 0 Å². The minimum Gasteiger partial charge on any atom is -0.331 e. The Morgan fingerprint density at radius 2 is 2.06 bits per heavy atom. The van der Waals surface area contributed by atoms with Crippen LogP contribution in [0.2, 0.25) is 0 Å². The van der Waals surface area contributed by atoms with E-state index in [2.05, 4.69) is 25.5 Å². The fraction of sp³-hybridized carbons (Fsp3) is 0.250. The average molecular weight is 280 g/mol. The molecule has 0 atom stereocenters. The van der Waals surface area contributed by atoms with E-state index in [-0.39, 0.29) is 0 Å². The van der Waals surface area contributed by atoms with Gasteiger partial charge in [0.05, 0.1) is 5.69 Å². The first-order chi connectivity index (χ1) is 7.65. The van der Waals surface area contributed by atoms with Crippen LogP contribution in [0.15, 0.2) is 28.7 Å². The van der Waals surface area contributed by atoms with Gasteiger partial charge in [0.25, 0.3) is 0 Å². The highest BCUT2D eigenvalue weighted by molar-refractivity contribution is 9.10. The number of rotatable bonds is 2. The summed E-state index contributed by atoms with van der Waals surface area (Å²) in [6.45, 7) is 2.51. The van der Waals surface area contributed by atoms with E-state index < -0.39 is 0 Å². The molecule has 0 aliphatic heterocycles. The first kappa shape index (κ1) is 11.4. The van der Waals surface area contributed by atoms with Crippen LogP contribution in [-0.2, 0) is 13.6 Å². The molecule has 0 spiro atoms. The summed E-state index contributed by atoms with van der Waals surface area (Å²) in [5.41, 5.74) is 8.82. The summed E-state index contributed by atoms with van der Waals surface area (Å²) >= 11 is 3.54. The molecule has 0 unspecified atom stereocenters. The molecule has 0 amide bonds. The molecule has 0 radical (unpaired) electrons. The number of nitrogens with two attached hydrogens (primary N) is 1. The Morgan fingerprint density at radius 1 is 1.38 bits per heavy atom. The fourth-order valence-electron chi connectivity index (χ4n) is 1.71. The van der Waals surface area contributed by atoms with Gasteiger partial charge in [-0.15, -0.1) is 0 Å². The van der Waals surface area contributed by atoms with Gasteiger partial charge >= 0.3 is 0 Å². The molecule has 1 aromatic carbocycles. The SMILES string of the molecule is Cc1c(CN)nc(-c2ccccc2Br)n1C. The van der Waals surface area contributed by atoms with Crippen LogP contribution in [0.5, 0.6) is 0 Å². The lowest BCUT2D eigenvalue weighted by Gasteiger charge is -2.04. The summed E-state index contributed by atoms with van der Waals surface area (Å²) in [4.78, 5) is 4.57. The standard InChI is InChI=1S/C12H14BrN3/c1-8-11(7-14)15-12(16(8)2)9-5-3-4-6-10(9)13/h3-6H,7,14H2,1-2H3. The van der Waals surface area contributed by atoms with Gasteiger partial charge in [0.1, 0.15) is 5.82 Å². The van der Waals surface area contributed by atoms with Gasteiger partial charge in [0.15, 0.2) is 0 Å². The first-order valence-electron chi connectivity index (χ1n) is 5.12. The van der Waals surface area contributed by atoms with Crippen molar-refractivity contribution in [3.63, 3.8) is 0 Å². The van der Waals surface area contributed by atoms with Crippen molar-refractivity contribution < 1.29 is 0 Å². The quantitative estimate of drug-likeness (QED) is 0.919. The number of aromatic nitrogens is 2. The van der Waals surface area contributed by atoms with E-state index in [4.69, 9.17) is 5.73 Å². The molecule has 0 aliphatic rings. The van der Waals surface area contributed by atoms with Crippen molar-refractivity contribution in [3.05, 3.63) is 40.1 Å². The summed E-state index contributed by atoms with van der Waals surface area (Å²) in [6, 6.07) is 8.06. The van der Waals surface area contributed by atoms with Gasteiger partial charge in [-0.25, -0.2) is 4.98 Å². The Hall–Kier alpha value is -1.13. The van der Waals surface area contributed by atoms with Crippen molar-refractivity contribution in [3.8, 4) is 11.4 Å². The number of imidazole rings is 1. The Kier molecular flexibility index (Phi) is 3.12. The zero-order valence-corrected chi connectivity index (χ0v) is 11.0. The second kappa shape index (κ2) is 4.39. The summed E-state index contributed by atoms with van der Waals surface area (Å²) in [5.74, 6) is 0.949. The van der Waals surface area contributed by atoms with Gasteiger partial charge in [0.2, 0.25) is 0 Å². The van der Waals surface area contributed by atoms with E-state index in [1.807, 2.05) is 38.2 Å². The van der Waals surface area contributed by atoms with E-state index in [9.17, 15) is 0 Å². The van der Waals surface area contributed by atoms with Crippen LogP contribution >= 0.6 is 15.9 Å². The first-order valence-corrected chi connectivity index (χ1v) is 5.91. The van der Waals surface area contributed by atoms with Crippen molar-refractivity contribution in [2.45, 2.75) is 13.5 Å². The van der Waals surface area contributed by atoms with Crippen molar-refractivity contribution in [2.75, 3.05) is 0 Å². The zero-order chi connectivity index (χ0) is 11.7. The predicted molar refractivity (Wildman–Crippen MR) is 69.0 cm³/mol. The molecule has 1 aromatic heterocycles. The highest BCUT2D eigenvalue weighted by Gasteiger charge is 2.13. The molecule has 16 heavy (non-hydrogen) atoms. The van der Waals surface area contributed by atoms with E-state index in [0.29, 0.717) is 6.54 Å². The largest absolute Gasteiger partial charge is 0.331 e. The van der Waals surface area contributed by atoms with Crippen LogP contribution < -0.4 is 5.73 Å². The average Bonchev–Trinajstić information content (AvgIpc) is 2.57. The smallest absolute Gasteiger partial charge is 0.141 e. The third-order valence-corrected chi connectivity index (χ3v) is 3.48. The molecule has 1 heterocycles. The Labute approximate surface area is 103 Å². The summed E-state index contributed by atoms with van der Waals surface area (Å²) in [7, 11) is 2.01. The molecule has 0 bridgehead atoms. The van der Waals surface area contributed by atoms with Crippen molar-refractivity contribution >= 4 is 15.9 Å². The maximum absolute atomic E-state index is 5.66. The lowest BCUT2D eigenvalue weighted by Crippen LogP contribution is -1.99. The molecule has 0 saturated heterocycles. The van der Waals surface area contributed by atoms with Crippen LogP contribution in [0.4, 0.5) is 0 Å². The lowest BCUT2D eigenvalue weighted by molar-refractivity contribution is 0.872. The predicted octanol–water partition coefficient (Wildman–Crippen LogP) is 2.62. The van der Waals surface area contributed by atoms with E-state index in [1.165, 1.54) is 0 Å². The molecule has 0 fully saturated rings. The highest BCUT2D eigenvalue weighted by atomic mass is 79.9. The molecule has 2 aromatic rings. The molecule has 0 aliphatic carbocycles. The number of benzene rings is 1. The normalized spacial score (nSPS) is 10.8. The highest BCUT2D eigenvalue weighted by Crippen LogP contribution is 2.28. The van der Waals surface area contributed by atoms with Crippen molar-refractivity contribution in [1.82, 2.24) is 9.55 Å². The van der Waals surface area contributed by atoms with Crippen LogP contribution in [-0.4, -0.2) is 9.55 Å². The second-order valence-corrected chi connectivity index (χ2v) is 4.56. The minimum atomic E-state index is 0.476. The monoisotopic (exact) mass is 279 g/mol. The Morgan fingerprint density at radius 3 is 2.62 bits per heavy atom. The van der Waals surface area contributed by atoms with Crippen LogP contribution in [0.25, 0.3) is 11.4 Å². The maximum atomic E-state index is 5.66. The van der Waals surface area contributed by atoms with E-state index in [0.717, 1.165) is 27.2 Å². The van der Waals surface area contributed by atoms with Crippen molar-refractivity contribution in [1.29, 1.82) is 0 Å². The van der Waals surface area contributed by atoms with Gasteiger partial charge in [-0.1, -0.05) is 34.1 Å². The summed E-state index contributed by atoms with van der Waals surface area (Å²) in [6.07, 6.45) is 0. The molecule has 2 rings (SSSR count). The van der Waals surface area contributed by atoms with Gasteiger partial charge in [0, 0.05) is 29.3 Å². The Balaban J connectivity index is 2.61. The van der Waals surface area contributed by atoms with Gasteiger partial charge in [-0.2, -0.15) is 0 Å². The molecule has 2 N–H and O–H groups in total. The van der Waals surface area contributed by atoms with Gasteiger partial charge in [-0.05, 0) is 13.0 Å². The fourth-order valence-corrected chi connectivity index (χ4v) is 2.18. The van der Waals surface area contributed by atoms with Crippen LogP contribution in [0.1, 0.15) is 11.4 Å². The summed E-state index contributed by atoms with van der Waals surface area (Å²) < 4.78 is 3.12. The topological polar surface area (TPSA) is 43.8 Å². The molecular formula is C12H14BrN3. The second-order valence-electron chi connectivity index (χ2n) is 3.71. The number of nitrogens with zero attached hydrogens (tertiary/aromatic N) is 2. The molecule has 84 valence electrons. The molecule has 3 nitrogen and oxygen atoms in total. The molecule has 4 heteroatoms. The van der Waals surface area contributed by atoms with E-state index >= 15 is 0 Å². The van der Waals surface area contributed by atoms with Gasteiger partial charge < -0.3 is 10.3 Å². The molecular weight excluding hydrogens is 266 g/mol. The van der Waals surface area contributed by atoms with Crippen LogP contribution in [0, 0.1) is 6.92 Å². The van der Waals surface area contributed by atoms with Crippen molar-refractivity contribution in [2.24, 2.45) is 12.8 Å². The number of hydrogen-bond donors (Lipinski definition) is 1. The maximum Gasteiger partial charge on any atom is 0.141 e. The summed E-state index contributed by atoms with van der Waals surface area (Å²) in [5, 5.41) is 0. The van der Waals surface area contributed by atoms with Gasteiger partial charge in [-0.3, -0.25) is 0 Å². The number of hydrogen-bond acceptors (Lipinski definition) is 2. The Bertz CT molecular complexity index is 517. The minimum absolute atomic E-state index is 0.476.